The second-order valence-corrected chi connectivity index (χ2v) is 4.76. The highest BCUT2D eigenvalue weighted by Gasteiger charge is 2.12. The zero-order chi connectivity index (χ0) is 10.3. The second kappa shape index (κ2) is 3.49. The minimum absolute atomic E-state index is 1.06. The summed E-state index contributed by atoms with van der Waals surface area (Å²) >= 11 is 3.51. The van der Waals surface area contributed by atoms with Crippen LogP contribution in [0.2, 0.25) is 0 Å². The van der Waals surface area contributed by atoms with Crippen molar-refractivity contribution in [3.05, 3.63) is 34.6 Å². The molecule has 1 aromatic carbocycles. The monoisotopic (exact) mass is 262 g/mol. The fourth-order valence-electron chi connectivity index (χ4n) is 2.08. The fraction of sp³-hybridized carbons (Fsp3) is 0.250. The van der Waals surface area contributed by atoms with Crippen LogP contribution in [0.25, 0.3) is 10.8 Å². The molecule has 76 valence electrons. The Morgan fingerprint density at radius 3 is 3.20 bits per heavy atom. The van der Waals surface area contributed by atoms with Gasteiger partial charge in [0.2, 0.25) is 0 Å². The molecule has 0 atom stereocenters. The average molecular weight is 263 g/mol. The van der Waals surface area contributed by atoms with Crippen molar-refractivity contribution in [2.24, 2.45) is 0 Å². The highest BCUT2D eigenvalue weighted by molar-refractivity contribution is 9.10. The Morgan fingerprint density at radius 2 is 2.27 bits per heavy atom. The van der Waals surface area contributed by atoms with E-state index in [2.05, 4.69) is 44.4 Å². The summed E-state index contributed by atoms with van der Waals surface area (Å²) in [5, 5.41) is 5.92. The molecule has 0 aliphatic carbocycles. The summed E-state index contributed by atoms with van der Waals surface area (Å²) in [5.74, 6) is 0. The SMILES string of the molecule is Brc1ccc2cnc3c(c2c1)NCCC3. The Morgan fingerprint density at radius 1 is 1.33 bits per heavy atom. The van der Waals surface area contributed by atoms with Crippen molar-refractivity contribution in [2.75, 3.05) is 11.9 Å². The first-order valence-corrected chi connectivity index (χ1v) is 5.95. The van der Waals surface area contributed by atoms with E-state index in [1.54, 1.807) is 0 Å². The number of aryl methyl sites for hydroxylation is 1. The highest BCUT2D eigenvalue weighted by Crippen LogP contribution is 2.30. The number of aromatic nitrogens is 1. The molecule has 0 fully saturated rings. The molecule has 0 unspecified atom stereocenters. The number of rotatable bonds is 0. The Hall–Kier alpha value is -1.09. The maximum Gasteiger partial charge on any atom is 0.0641 e. The van der Waals surface area contributed by atoms with Crippen LogP contribution in [0.4, 0.5) is 5.69 Å². The number of hydrogen-bond donors (Lipinski definition) is 1. The minimum atomic E-state index is 1.06. The van der Waals surface area contributed by atoms with Crippen molar-refractivity contribution < 1.29 is 0 Å². The van der Waals surface area contributed by atoms with Gasteiger partial charge in [0.15, 0.2) is 0 Å². The van der Waals surface area contributed by atoms with E-state index >= 15 is 0 Å². The van der Waals surface area contributed by atoms with E-state index in [1.165, 1.54) is 28.6 Å². The van der Waals surface area contributed by atoms with Gasteiger partial charge in [0.1, 0.15) is 0 Å². The summed E-state index contributed by atoms with van der Waals surface area (Å²) in [4.78, 5) is 4.50. The van der Waals surface area contributed by atoms with Gasteiger partial charge in [-0.1, -0.05) is 22.0 Å². The quantitative estimate of drug-likeness (QED) is 0.788. The van der Waals surface area contributed by atoms with Crippen molar-refractivity contribution in [3.8, 4) is 0 Å². The van der Waals surface area contributed by atoms with Gasteiger partial charge >= 0.3 is 0 Å². The van der Waals surface area contributed by atoms with Crippen LogP contribution in [0.5, 0.6) is 0 Å². The van der Waals surface area contributed by atoms with Crippen LogP contribution in [-0.4, -0.2) is 11.5 Å². The third kappa shape index (κ3) is 1.51. The van der Waals surface area contributed by atoms with E-state index in [0.29, 0.717) is 0 Å². The molecular formula is C12H11BrN2. The molecule has 0 spiro atoms. The van der Waals surface area contributed by atoms with Crippen molar-refractivity contribution in [1.82, 2.24) is 4.98 Å². The highest BCUT2D eigenvalue weighted by atomic mass is 79.9. The van der Waals surface area contributed by atoms with Crippen LogP contribution in [0.1, 0.15) is 12.1 Å². The zero-order valence-electron chi connectivity index (χ0n) is 8.26. The lowest BCUT2D eigenvalue weighted by molar-refractivity contribution is 0.806. The van der Waals surface area contributed by atoms with Crippen molar-refractivity contribution in [3.63, 3.8) is 0 Å². The second-order valence-electron chi connectivity index (χ2n) is 3.84. The van der Waals surface area contributed by atoms with Crippen LogP contribution >= 0.6 is 15.9 Å². The molecule has 1 aliphatic rings. The Kier molecular flexibility index (Phi) is 2.13. The van der Waals surface area contributed by atoms with E-state index in [9.17, 15) is 0 Å². The van der Waals surface area contributed by atoms with Gasteiger partial charge in [-0.05, 0) is 25.0 Å². The summed E-state index contributed by atoms with van der Waals surface area (Å²) in [5.41, 5.74) is 2.42. The third-order valence-electron chi connectivity index (χ3n) is 2.82. The largest absolute Gasteiger partial charge is 0.383 e. The Balaban J connectivity index is 2.34. The summed E-state index contributed by atoms with van der Waals surface area (Å²) in [6.07, 6.45) is 4.23. The summed E-state index contributed by atoms with van der Waals surface area (Å²) in [6, 6.07) is 6.32. The van der Waals surface area contributed by atoms with E-state index < -0.39 is 0 Å². The maximum absolute atomic E-state index is 4.50. The lowest BCUT2D eigenvalue weighted by atomic mass is 10.0. The number of nitrogens with zero attached hydrogens (tertiary/aromatic N) is 1. The van der Waals surface area contributed by atoms with Crippen molar-refractivity contribution in [2.45, 2.75) is 12.8 Å². The van der Waals surface area contributed by atoms with Gasteiger partial charge in [-0.3, -0.25) is 4.98 Å². The topological polar surface area (TPSA) is 24.9 Å². The molecule has 2 heterocycles. The van der Waals surface area contributed by atoms with E-state index in [-0.39, 0.29) is 0 Å². The van der Waals surface area contributed by atoms with Gasteiger partial charge in [0, 0.05) is 28.0 Å². The molecule has 3 heteroatoms. The number of anilines is 1. The molecule has 0 bridgehead atoms. The van der Waals surface area contributed by atoms with Gasteiger partial charge in [-0.25, -0.2) is 0 Å². The zero-order valence-corrected chi connectivity index (χ0v) is 9.84. The fourth-order valence-corrected chi connectivity index (χ4v) is 2.44. The number of hydrogen-bond acceptors (Lipinski definition) is 2. The predicted octanol–water partition coefficient (Wildman–Crippen LogP) is 3.36. The van der Waals surface area contributed by atoms with Crippen LogP contribution < -0.4 is 5.32 Å². The van der Waals surface area contributed by atoms with E-state index in [1.807, 2.05) is 6.20 Å². The Bertz CT molecular complexity index is 522. The molecular weight excluding hydrogens is 252 g/mol. The summed E-state index contributed by atoms with van der Waals surface area (Å²) in [6.45, 7) is 1.06. The minimum Gasteiger partial charge on any atom is -0.383 e. The standard InChI is InChI=1S/C12H11BrN2/c13-9-4-3-8-7-15-11-2-1-5-14-12(11)10(8)6-9/h3-4,6-7,14H,1-2,5H2. The lowest BCUT2D eigenvalue weighted by Crippen LogP contribution is -2.13. The summed E-state index contributed by atoms with van der Waals surface area (Å²) < 4.78 is 1.12. The summed E-state index contributed by atoms with van der Waals surface area (Å²) in [7, 11) is 0. The van der Waals surface area contributed by atoms with E-state index in [0.717, 1.165) is 17.4 Å². The molecule has 0 radical (unpaired) electrons. The van der Waals surface area contributed by atoms with Crippen LogP contribution in [0.3, 0.4) is 0 Å². The van der Waals surface area contributed by atoms with Gasteiger partial charge in [-0.2, -0.15) is 0 Å². The van der Waals surface area contributed by atoms with Crippen LogP contribution in [0.15, 0.2) is 28.9 Å². The molecule has 1 N–H and O–H groups in total. The van der Waals surface area contributed by atoms with E-state index in [4.69, 9.17) is 0 Å². The number of fused-ring (bicyclic) bond motifs is 3. The molecule has 2 nitrogen and oxygen atoms in total. The molecule has 0 saturated heterocycles. The lowest BCUT2D eigenvalue weighted by Gasteiger charge is -2.18. The first-order valence-electron chi connectivity index (χ1n) is 5.15. The first kappa shape index (κ1) is 9.16. The first-order chi connectivity index (χ1) is 7.34. The molecule has 0 amide bonds. The normalized spacial score (nSPS) is 14.7. The molecule has 1 aromatic heterocycles. The van der Waals surface area contributed by atoms with Gasteiger partial charge in [-0.15, -0.1) is 0 Å². The molecule has 0 saturated carbocycles. The van der Waals surface area contributed by atoms with Crippen molar-refractivity contribution in [1.29, 1.82) is 0 Å². The van der Waals surface area contributed by atoms with Gasteiger partial charge in [0.25, 0.3) is 0 Å². The maximum atomic E-state index is 4.50. The van der Waals surface area contributed by atoms with Gasteiger partial charge in [0.05, 0.1) is 11.4 Å². The molecule has 2 aromatic rings. The number of pyridine rings is 1. The van der Waals surface area contributed by atoms with Crippen molar-refractivity contribution >= 4 is 32.4 Å². The number of halogens is 1. The third-order valence-corrected chi connectivity index (χ3v) is 3.32. The average Bonchev–Trinajstić information content (AvgIpc) is 2.29. The molecule has 1 aliphatic heterocycles. The van der Waals surface area contributed by atoms with Crippen LogP contribution in [0, 0.1) is 0 Å². The smallest absolute Gasteiger partial charge is 0.0641 e. The molecule has 3 rings (SSSR count). The number of nitrogens with one attached hydrogen (secondary N) is 1. The van der Waals surface area contributed by atoms with Crippen LogP contribution in [-0.2, 0) is 6.42 Å². The van der Waals surface area contributed by atoms with Gasteiger partial charge < -0.3 is 5.32 Å². The predicted molar refractivity (Wildman–Crippen MR) is 66.3 cm³/mol. The molecule has 15 heavy (non-hydrogen) atoms. The Labute approximate surface area is 96.8 Å². The number of benzene rings is 1.